The van der Waals surface area contributed by atoms with Crippen molar-refractivity contribution in [1.29, 1.82) is 0 Å². The van der Waals surface area contributed by atoms with Crippen molar-refractivity contribution in [2.45, 2.75) is 45.3 Å². The van der Waals surface area contributed by atoms with Crippen LogP contribution in [0.3, 0.4) is 0 Å². The lowest BCUT2D eigenvalue weighted by Crippen LogP contribution is -2.36. The number of aromatic nitrogens is 1. The summed E-state index contributed by atoms with van der Waals surface area (Å²) in [5.74, 6) is 0.870. The fraction of sp³-hybridized carbons (Fsp3) is 0.474. The molecule has 1 amide bonds. The largest absolute Gasteiger partial charge is 0.444 e. The van der Waals surface area contributed by atoms with E-state index >= 15 is 0 Å². The molecule has 0 spiro atoms. The maximum Gasteiger partial charge on any atom is 0.410 e. The summed E-state index contributed by atoms with van der Waals surface area (Å²) >= 11 is 0. The predicted octanol–water partition coefficient (Wildman–Crippen LogP) is 4.35. The number of likely N-dealkylation sites (tertiary alicyclic amines) is 1. The van der Waals surface area contributed by atoms with Gasteiger partial charge >= 0.3 is 6.09 Å². The van der Waals surface area contributed by atoms with E-state index in [0.29, 0.717) is 0 Å². The third-order valence-corrected chi connectivity index (χ3v) is 4.29. The third-order valence-electron chi connectivity index (χ3n) is 4.29. The molecule has 2 aromatic rings. The highest BCUT2D eigenvalue weighted by molar-refractivity contribution is 5.92. The summed E-state index contributed by atoms with van der Waals surface area (Å²) in [5.41, 5.74) is 0.681. The Kier molecular flexibility index (Phi) is 4.35. The predicted molar refractivity (Wildman–Crippen MR) is 96.2 cm³/mol. The minimum absolute atomic E-state index is 0.0791. The molecule has 1 aliphatic heterocycles. The number of nitrogens with zero attached hydrogens (tertiary/aromatic N) is 2. The van der Waals surface area contributed by atoms with E-state index in [1.54, 1.807) is 6.20 Å². The summed E-state index contributed by atoms with van der Waals surface area (Å²) in [6.07, 6.45) is 3.54. The number of carbonyl (C=O) groups excluding carboxylic acids is 1. The second-order valence-corrected chi connectivity index (χ2v) is 7.22. The van der Waals surface area contributed by atoms with Crippen LogP contribution in [-0.4, -0.2) is 35.2 Å². The number of fused-ring (bicyclic) bond motifs is 1. The van der Waals surface area contributed by atoms with Crippen LogP contribution in [0.25, 0.3) is 10.8 Å². The van der Waals surface area contributed by atoms with Gasteiger partial charge in [-0.1, -0.05) is 12.1 Å². The van der Waals surface area contributed by atoms with Gasteiger partial charge in [0.05, 0.1) is 6.04 Å². The van der Waals surface area contributed by atoms with E-state index in [1.165, 1.54) is 0 Å². The number of pyridine rings is 1. The summed E-state index contributed by atoms with van der Waals surface area (Å²) in [4.78, 5) is 18.7. The molecule has 0 radical (unpaired) electrons. The highest BCUT2D eigenvalue weighted by Crippen LogP contribution is 2.35. The third kappa shape index (κ3) is 3.30. The number of ether oxygens (including phenoxy) is 1. The Morgan fingerprint density at radius 2 is 2.12 bits per heavy atom. The Balaban J connectivity index is 1.90. The summed E-state index contributed by atoms with van der Waals surface area (Å²) in [5, 5.41) is 5.33. The van der Waals surface area contributed by atoms with Crippen LogP contribution in [0.2, 0.25) is 0 Å². The minimum Gasteiger partial charge on any atom is -0.444 e. The number of carbonyl (C=O) groups is 1. The van der Waals surface area contributed by atoms with Crippen LogP contribution in [0.15, 0.2) is 30.5 Å². The highest BCUT2D eigenvalue weighted by Gasteiger charge is 2.33. The van der Waals surface area contributed by atoms with Crippen LogP contribution in [0.1, 0.15) is 45.2 Å². The van der Waals surface area contributed by atoms with Gasteiger partial charge in [0.2, 0.25) is 0 Å². The Bertz CT molecular complexity index is 752. The van der Waals surface area contributed by atoms with Crippen molar-refractivity contribution in [3.63, 3.8) is 0 Å². The zero-order chi connectivity index (χ0) is 17.3. The Hall–Kier alpha value is -2.30. The van der Waals surface area contributed by atoms with Gasteiger partial charge in [-0.05, 0) is 56.7 Å². The Morgan fingerprint density at radius 1 is 1.33 bits per heavy atom. The van der Waals surface area contributed by atoms with Crippen molar-refractivity contribution in [3.05, 3.63) is 36.0 Å². The minimum atomic E-state index is -0.471. The summed E-state index contributed by atoms with van der Waals surface area (Å²) in [6.45, 7) is 6.45. The van der Waals surface area contributed by atoms with Gasteiger partial charge in [0.15, 0.2) is 0 Å². The molecule has 5 nitrogen and oxygen atoms in total. The Labute approximate surface area is 143 Å². The maximum atomic E-state index is 12.5. The first kappa shape index (κ1) is 16.6. The number of nitrogens with one attached hydrogen (secondary N) is 1. The van der Waals surface area contributed by atoms with Crippen molar-refractivity contribution in [2.75, 3.05) is 18.9 Å². The zero-order valence-corrected chi connectivity index (χ0v) is 14.8. The smallest absolute Gasteiger partial charge is 0.410 e. The van der Waals surface area contributed by atoms with Crippen LogP contribution in [-0.2, 0) is 4.74 Å². The van der Waals surface area contributed by atoms with Gasteiger partial charge < -0.3 is 15.0 Å². The van der Waals surface area contributed by atoms with E-state index in [2.05, 4.69) is 28.5 Å². The molecule has 1 aromatic carbocycles. The first-order valence-corrected chi connectivity index (χ1v) is 8.45. The first-order chi connectivity index (χ1) is 11.4. The molecule has 1 fully saturated rings. The molecule has 5 heteroatoms. The molecule has 1 aromatic heterocycles. The van der Waals surface area contributed by atoms with Gasteiger partial charge in [0.1, 0.15) is 11.4 Å². The van der Waals surface area contributed by atoms with E-state index in [1.807, 2.05) is 38.8 Å². The molecular weight excluding hydrogens is 302 g/mol. The average Bonchev–Trinajstić information content (AvgIpc) is 3.02. The SMILES string of the molecule is CNc1nccc2cc([C@H]3CCCN3C(=O)OC(C)(C)C)ccc12. The zero-order valence-electron chi connectivity index (χ0n) is 14.8. The molecule has 1 N–H and O–H groups in total. The molecule has 1 saturated heterocycles. The molecule has 0 saturated carbocycles. The van der Waals surface area contributed by atoms with Crippen LogP contribution in [0.4, 0.5) is 10.6 Å². The summed E-state index contributed by atoms with van der Waals surface area (Å²) < 4.78 is 5.56. The van der Waals surface area contributed by atoms with Gasteiger partial charge in [0, 0.05) is 25.2 Å². The summed E-state index contributed by atoms with van der Waals surface area (Å²) in [6, 6.07) is 8.42. The van der Waals surface area contributed by atoms with Crippen molar-refractivity contribution >= 4 is 22.7 Å². The van der Waals surface area contributed by atoms with Crippen LogP contribution < -0.4 is 5.32 Å². The second kappa shape index (κ2) is 6.30. The fourth-order valence-electron chi connectivity index (χ4n) is 3.26. The topological polar surface area (TPSA) is 54.5 Å². The summed E-state index contributed by atoms with van der Waals surface area (Å²) in [7, 11) is 1.87. The van der Waals surface area contributed by atoms with E-state index < -0.39 is 5.60 Å². The monoisotopic (exact) mass is 327 g/mol. The number of benzene rings is 1. The standard InChI is InChI=1S/C19H25N3O2/c1-19(2,3)24-18(23)22-11-5-6-16(22)14-7-8-15-13(12-14)9-10-21-17(15)20-4/h7-10,12,16H,5-6,11H2,1-4H3,(H,20,21)/t16-/m1/s1. The van der Waals surface area contributed by atoms with E-state index in [-0.39, 0.29) is 12.1 Å². The molecule has 2 heterocycles. The van der Waals surface area contributed by atoms with Gasteiger partial charge in [-0.2, -0.15) is 0 Å². The van der Waals surface area contributed by atoms with Gasteiger partial charge in [-0.15, -0.1) is 0 Å². The van der Waals surface area contributed by atoms with Crippen molar-refractivity contribution < 1.29 is 9.53 Å². The molecule has 3 rings (SSSR count). The van der Waals surface area contributed by atoms with Gasteiger partial charge in [-0.3, -0.25) is 0 Å². The molecule has 0 bridgehead atoms. The second-order valence-electron chi connectivity index (χ2n) is 7.22. The Morgan fingerprint density at radius 3 is 2.83 bits per heavy atom. The van der Waals surface area contributed by atoms with E-state index in [0.717, 1.165) is 41.5 Å². The number of hydrogen-bond donors (Lipinski definition) is 1. The van der Waals surface area contributed by atoms with Gasteiger partial charge in [-0.25, -0.2) is 9.78 Å². The lowest BCUT2D eigenvalue weighted by atomic mass is 10.0. The number of amides is 1. The fourth-order valence-corrected chi connectivity index (χ4v) is 3.26. The molecule has 1 aliphatic rings. The van der Waals surface area contributed by atoms with Crippen LogP contribution >= 0.6 is 0 Å². The molecule has 0 unspecified atom stereocenters. The quantitative estimate of drug-likeness (QED) is 0.891. The number of anilines is 1. The maximum absolute atomic E-state index is 12.5. The molecule has 0 aliphatic carbocycles. The normalized spacial score (nSPS) is 18.0. The van der Waals surface area contributed by atoms with Crippen molar-refractivity contribution in [3.8, 4) is 0 Å². The molecule has 1 atom stereocenters. The number of rotatable bonds is 2. The highest BCUT2D eigenvalue weighted by atomic mass is 16.6. The number of hydrogen-bond acceptors (Lipinski definition) is 4. The van der Waals surface area contributed by atoms with Crippen LogP contribution in [0.5, 0.6) is 0 Å². The van der Waals surface area contributed by atoms with Crippen LogP contribution in [0, 0.1) is 0 Å². The van der Waals surface area contributed by atoms with Crippen molar-refractivity contribution in [1.82, 2.24) is 9.88 Å². The molecule has 128 valence electrons. The van der Waals surface area contributed by atoms with Gasteiger partial charge in [0.25, 0.3) is 0 Å². The van der Waals surface area contributed by atoms with E-state index in [4.69, 9.17) is 4.74 Å². The lowest BCUT2D eigenvalue weighted by molar-refractivity contribution is 0.0224. The van der Waals surface area contributed by atoms with Crippen molar-refractivity contribution in [2.24, 2.45) is 0 Å². The molecule has 24 heavy (non-hydrogen) atoms. The lowest BCUT2D eigenvalue weighted by Gasteiger charge is -2.29. The average molecular weight is 327 g/mol. The van der Waals surface area contributed by atoms with E-state index in [9.17, 15) is 4.79 Å². The molecular formula is C19H25N3O2. The first-order valence-electron chi connectivity index (χ1n) is 8.45.